The molecule has 6 heteroatoms. The maximum Gasteiger partial charge on any atom is 0.233 e. The van der Waals surface area contributed by atoms with Crippen molar-refractivity contribution in [2.75, 3.05) is 13.2 Å². The molecule has 110 valence electrons. The normalized spacial score (nSPS) is 20.5. The van der Waals surface area contributed by atoms with E-state index in [0.29, 0.717) is 19.4 Å². The Labute approximate surface area is 114 Å². The van der Waals surface area contributed by atoms with Crippen molar-refractivity contribution in [2.45, 2.75) is 52.1 Å². The molecule has 1 heterocycles. The van der Waals surface area contributed by atoms with Gasteiger partial charge in [-0.2, -0.15) is 0 Å². The molecule has 4 N–H and O–H groups in total. The molecule has 0 aromatic heterocycles. The lowest BCUT2D eigenvalue weighted by molar-refractivity contribution is -0.128. The van der Waals surface area contributed by atoms with Gasteiger partial charge in [-0.25, -0.2) is 0 Å². The quantitative estimate of drug-likeness (QED) is 0.281. The molecule has 0 radical (unpaired) electrons. The summed E-state index contributed by atoms with van der Waals surface area (Å²) in [6.45, 7) is 5.10. The van der Waals surface area contributed by atoms with Crippen LogP contribution >= 0.6 is 0 Å². The fourth-order valence-electron chi connectivity index (χ4n) is 2.53. The first-order valence-corrected chi connectivity index (χ1v) is 6.98. The van der Waals surface area contributed by atoms with E-state index in [1.165, 1.54) is 0 Å². The van der Waals surface area contributed by atoms with E-state index in [0.717, 1.165) is 25.9 Å². The molecule has 0 bridgehead atoms. The number of amidine groups is 1. The summed E-state index contributed by atoms with van der Waals surface area (Å²) in [5, 5.41) is 14.7. The van der Waals surface area contributed by atoms with Crippen LogP contribution in [0.4, 0.5) is 0 Å². The third-order valence-electron chi connectivity index (χ3n) is 4.02. The molecule has 6 nitrogen and oxygen atoms in total. The van der Waals surface area contributed by atoms with Crippen LogP contribution < -0.4 is 11.1 Å². The number of nitrogens with one attached hydrogen (secondary N) is 1. The smallest absolute Gasteiger partial charge is 0.233 e. The Morgan fingerprint density at radius 1 is 1.53 bits per heavy atom. The Morgan fingerprint density at radius 3 is 2.68 bits per heavy atom. The van der Waals surface area contributed by atoms with E-state index in [1.807, 2.05) is 13.8 Å². The molecule has 0 aliphatic carbocycles. The van der Waals surface area contributed by atoms with Gasteiger partial charge in [0.15, 0.2) is 5.84 Å². The zero-order valence-electron chi connectivity index (χ0n) is 11.8. The van der Waals surface area contributed by atoms with E-state index < -0.39 is 5.41 Å². The van der Waals surface area contributed by atoms with E-state index in [1.54, 1.807) is 0 Å². The lowest BCUT2D eigenvalue weighted by Crippen LogP contribution is -2.49. The Kier molecular flexibility index (Phi) is 6.08. The zero-order valence-corrected chi connectivity index (χ0v) is 11.8. The van der Waals surface area contributed by atoms with E-state index in [-0.39, 0.29) is 17.8 Å². The predicted octanol–water partition coefficient (Wildman–Crippen LogP) is 1.22. The number of carbonyl (C=O) groups excluding carboxylic acids is 1. The standard InChI is InChI=1S/C13H25N3O3/c1-3-13(4-2,11(14)16-18)12(17)15-8-7-10-6-5-9-19-10/h10,18H,3-9H2,1-2H3,(H2,14,16)(H,15,17). The number of carbonyl (C=O) groups is 1. The third kappa shape index (κ3) is 3.59. The average Bonchev–Trinajstić information content (AvgIpc) is 2.93. The average molecular weight is 271 g/mol. The van der Waals surface area contributed by atoms with Crippen LogP contribution in [0.25, 0.3) is 0 Å². The topological polar surface area (TPSA) is 96.9 Å². The van der Waals surface area contributed by atoms with Crippen molar-refractivity contribution in [3.63, 3.8) is 0 Å². The molecule has 1 saturated heterocycles. The molecule has 1 fully saturated rings. The first-order valence-electron chi connectivity index (χ1n) is 6.98. The number of oxime groups is 1. The van der Waals surface area contributed by atoms with Gasteiger partial charge >= 0.3 is 0 Å². The van der Waals surface area contributed by atoms with Gasteiger partial charge < -0.3 is 21.0 Å². The van der Waals surface area contributed by atoms with Crippen LogP contribution in [-0.2, 0) is 9.53 Å². The molecule has 1 rings (SSSR count). The van der Waals surface area contributed by atoms with Crippen molar-refractivity contribution in [1.29, 1.82) is 0 Å². The fraction of sp³-hybridized carbons (Fsp3) is 0.846. The highest BCUT2D eigenvalue weighted by Gasteiger charge is 2.39. The summed E-state index contributed by atoms with van der Waals surface area (Å²) in [6, 6.07) is 0. The molecule has 0 spiro atoms. The molecular formula is C13H25N3O3. The molecule has 1 atom stereocenters. The molecule has 1 aliphatic heterocycles. The monoisotopic (exact) mass is 271 g/mol. The van der Waals surface area contributed by atoms with Gasteiger partial charge in [-0.05, 0) is 32.1 Å². The minimum Gasteiger partial charge on any atom is -0.409 e. The van der Waals surface area contributed by atoms with Crippen molar-refractivity contribution in [2.24, 2.45) is 16.3 Å². The molecule has 19 heavy (non-hydrogen) atoms. The summed E-state index contributed by atoms with van der Waals surface area (Å²) in [5.41, 5.74) is 4.77. The highest BCUT2D eigenvalue weighted by molar-refractivity contribution is 6.06. The first-order chi connectivity index (χ1) is 9.10. The maximum atomic E-state index is 12.3. The molecule has 0 saturated carbocycles. The van der Waals surface area contributed by atoms with Gasteiger partial charge in [-0.1, -0.05) is 19.0 Å². The van der Waals surface area contributed by atoms with E-state index in [2.05, 4.69) is 10.5 Å². The van der Waals surface area contributed by atoms with E-state index in [9.17, 15) is 4.79 Å². The van der Waals surface area contributed by atoms with Gasteiger partial charge in [-0.3, -0.25) is 4.79 Å². The van der Waals surface area contributed by atoms with Gasteiger partial charge in [0.05, 0.1) is 6.10 Å². The highest BCUT2D eigenvalue weighted by Crippen LogP contribution is 2.27. The number of ether oxygens (including phenoxy) is 1. The maximum absolute atomic E-state index is 12.3. The second-order valence-corrected chi connectivity index (χ2v) is 4.95. The van der Waals surface area contributed by atoms with Crippen LogP contribution in [-0.4, -0.2) is 36.2 Å². The number of hydrogen-bond acceptors (Lipinski definition) is 4. The number of amides is 1. The van der Waals surface area contributed by atoms with Gasteiger partial charge in [0, 0.05) is 13.2 Å². The number of rotatable bonds is 7. The molecule has 0 aromatic carbocycles. The van der Waals surface area contributed by atoms with E-state index >= 15 is 0 Å². The fourth-order valence-corrected chi connectivity index (χ4v) is 2.53. The van der Waals surface area contributed by atoms with Crippen molar-refractivity contribution in [3.05, 3.63) is 0 Å². The predicted molar refractivity (Wildman–Crippen MR) is 73.0 cm³/mol. The minimum absolute atomic E-state index is 0.0212. The SMILES string of the molecule is CCC(CC)(C(=O)NCCC1CCCO1)C(N)=NO. The van der Waals surface area contributed by atoms with Crippen molar-refractivity contribution >= 4 is 11.7 Å². The van der Waals surface area contributed by atoms with Crippen LogP contribution in [0.1, 0.15) is 46.0 Å². The Hall–Kier alpha value is -1.30. The second-order valence-electron chi connectivity index (χ2n) is 4.95. The van der Waals surface area contributed by atoms with Gasteiger partial charge in [0.2, 0.25) is 5.91 Å². The van der Waals surface area contributed by atoms with Crippen LogP contribution in [0.15, 0.2) is 5.16 Å². The van der Waals surface area contributed by atoms with Crippen LogP contribution in [0, 0.1) is 5.41 Å². The second kappa shape index (κ2) is 7.33. The number of nitrogens with zero attached hydrogens (tertiary/aromatic N) is 1. The summed E-state index contributed by atoms with van der Waals surface area (Å²) in [6.07, 6.45) is 4.23. The minimum atomic E-state index is -0.911. The molecule has 0 aromatic rings. The van der Waals surface area contributed by atoms with Crippen molar-refractivity contribution in [1.82, 2.24) is 5.32 Å². The molecule has 1 unspecified atom stereocenters. The van der Waals surface area contributed by atoms with Crippen LogP contribution in [0.3, 0.4) is 0 Å². The lowest BCUT2D eigenvalue weighted by Gasteiger charge is -2.28. The van der Waals surface area contributed by atoms with Gasteiger partial charge in [-0.15, -0.1) is 0 Å². The van der Waals surface area contributed by atoms with Gasteiger partial charge in [0.1, 0.15) is 5.41 Å². The third-order valence-corrected chi connectivity index (χ3v) is 4.02. The lowest BCUT2D eigenvalue weighted by atomic mass is 9.80. The number of hydrogen-bond donors (Lipinski definition) is 3. The van der Waals surface area contributed by atoms with Crippen molar-refractivity contribution < 1.29 is 14.7 Å². The molecule has 1 aliphatic rings. The van der Waals surface area contributed by atoms with E-state index in [4.69, 9.17) is 15.7 Å². The summed E-state index contributed by atoms with van der Waals surface area (Å²) >= 11 is 0. The first kappa shape index (κ1) is 15.8. The highest BCUT2D eigenvalue weighted by atomic mass is 16.5. The Balaban J connectivity index is 2.52. The summed E-state index contributed by atoms with van der Waals surface area (Å²) in [7, 11) is 0. The Morgan fingerprint density at radius 2 is 2.21 bits per heavy atom. The summed E-state index contributed by atoms with van der Waals surface area (Å²) in [4.78, 5) is 12.3. The van der Waals surface area contributed by atoms with Crippen LogP contribution in [0.5, 0.6) is 0 Å². The van der Waals surface area contributed by atoms with Crippen LogP contribution in [0.2, 0.25) is 0 Å². The van der Waals surface area contributed by atoms with Gasteiger partial charge in [0.25, 0.3) is 0 Å². The number of nitrogens with two attached hydrogens (primary N) is 1. The summed E-state index contributed by atoms with van der Waals surface area (Å²) < 4.78 is 5.50. The summed E-state index contributed by atoms with van der Waals surface area (Å²) in [5.74, 6) is -0.196. The molecular weight excluding hydrogens is 246 g/mol. The largest absolute Gasteiger partial charge is 0.409 e. The molecule has 1 amide bonds. The van der Waals surface area contributed by atoms with Crippen molar-refractivity contribution in [3.8, 4) is 0 Å². The zero-order chi connectivity index (χ0) is 14.3. The Bertz CT molecular complexity index is 321.